The zero-order valence-corrected chi connectivity index (χ0v) is 11.6. The van der Waals surface area contributed by atoms with Crippen molar-refractivity contribution in [3.63, 3.8) is 0 Å². The molecule has 3 unspecified atom stereocenters. The quantitative estimate of drug-likeness (QED) is 0.669. The van der Waals surface area contributed by atoms with Gasteiger partial charge in [-0.05, 0) is 32.7 Å². The van der Waals surface area contributed by atoms with Crippen molar-refractivity contribution in [2.45, 2.75) is 65.1 Å². The van der Waals surface area contributed by atoms with Gasteiger partial charge >= 0.3 is 0 Å². The molecule has 3 atom stereocenters. The Balaban J connectivity index is 4.33. The maximum Gasteiger partial charge on any atom is 0.0601 e. The second kappa shape index (κ2) is 8.04. The summed E-state index contributed by atoms with van der Waals surface area (Å²) < 4.78 is 0. The molecule has 0 aromatic carbocycles. The molecule has 0 aliphatic carbocycles. The molecule has 3 nitrogen and oxygen atoms in total. The lowest BCUT2D eigenvalue weighted by Crippen LogP contribution is -2.51. The second-order valence-electron chi connectivity index (χ2n) is 5.35. The topological polar surface area (TPSA) is 49.5 Å². The number of aliphatic hydroxyl groups excluding tert-OH is 1. The van der Waals surface area contributed by atoms with E-state index < -0.39 is 0 Å². The molecule has 3 heteroatoms. The normalized spacial score (nSPS) is 17.8. The predicted molar refractivity (Wildman–Crippen MR) is 70.4 cm³/mol. The highest BCUT2D eigenvalue weighted by Gasteiger charge is 2.24. The summed E-state index contributed by atoms with van der Waals surface area (Å²) in [6.45, 7) is 8.95. The fourth-order valence-corrected chi connectivity index (χ4v) is 2.27. The van der Waals surface area contributed by atoms with Gasteiger partial charge < -0.3 is 10.8 Å². The van der Waals surface area contributed by atoms with Crippen LogP contribution in [0.4, 0.5) is 0 Å². The number of nitrogens with two attached hydrogens (primary N) is 1. The van der Waals surface area contributed by atoms with Crippen molar-refractivity contribution in [2.24, 2.45) is 11.7 Å². The van der Waals surface area contributed by atoms with E-state index in [1.54, 1.807) is 0 Å². The van der Waals surface area contributed by atoms with Crippen molar-refractivity contribution in [3.05, 3.63) is 0 Å². The fourth-order valence-electron chi connectivity index (χ4n) is 2.27. The van der Waals surface area contributed by atoms with E-state index in [0.29, 0.717) is 12.0 Å². The summed E-state index contributed by atoms with van der Waals surface area (Å²) in [6.07, 6.45) is 3.19. The van der Waals surface area contributed by atoms with E-state index in [0.717, 1.165) is 19.3 Å². The summed E-state index contributed by atoms with van der Waals surface area (Å²) in [7, 11) is 2.07. The summed E-state index contributed by atoms with van der Waals surface area (Å²) in [4.78, 5) is 2.24. The number of likely N-dealkylation sites (N-methyl/N-ethyl adjacent to an activating group) is 1. The fraction of sp³-hybridized carbons (Fsp3) is 1.00. The van der Waals surface area contributed by atoms with Gasteiger partial charge in [0.25, 0.3) is 0 Å². The van der Waals surface area contributed by atoms with Crippen molar-refractivity contribution in [1.29, 1.82) is 0 Å². The van der Waals surface area contributed by atoms with Gasteiger partial charge in [-0.1, -0.05) is 27.2 Å². The first-order chi connectivity index (χ1) is 7.43. The van der Waals surface area contributed by atoms with Crippen LogP contribution in [-0.2, 0) is 0 Å². The highest BCUT2D eigenvalue weighted by molar-refractivity contribution is 4.82. The van der Waals surface area contributed by atoms with Crippen molar-refractivity contribution in [3.8, 4) is 0 Å². The summed E-state index contributed by atoms with van der Waals surface area (Å²) in [5, 5.41) is 9.45. The van der Waals surface area contributed by atoms with Crippen molar-refractivity contribution in [1.82, 2.24) is 4.90 Å². The molecule has 0 spiro atoms. The molecule has 0 aromatic rings. The molecule has 16 heavy (non-hydrogen) atoms. The van der Waals surface area contributed by atoms with Gasteiger partial charge in [-0.25, -0.2) is 0 Å². The van der Waals surface area contributed by atoms with Gasteiger partial charge in [0.15, 0.2) is 0 Å². The molecule has 3 N–H and O–H groups in total. The molecule has 0 radical (unpaired) electrons. The number of nitrogens with zero attached hydrogens (tertiary/aromatic N) is 1. The zero-order chi connectivity index (χ0) is 12.7. The average Bonchev–Trinajstić information content (AvgIpc) is 2.17. The number of rotatable bonds is 8. The van der Waals surface area contributed by atoms with Gasteiger partial charge in [0.05, 0.1) is 6.61 Å². The molecule has 0 fully saturated rings. The van der Waals surface area contributed by atoms with Gasteiger partial charge in [0, 0.05) is 18.1 Å². The van der Waals surface area contributed by atoms with Crippen LogP contribution in [0.2, 0.25) is 0 Å². The van der Waals surface area contributed by atoms with Gasteiger partial charge in [-0.3, -0.25) is 4.90 Å². The second-order valence-corrected chi connectivity index (χ2v) is 5.35. The Kier molecular flexibility index (Phi) is 7.98. The summed E-state index contributed by atoms with van der Waals surface area (Å²) >= 11 is 0. The molecule has 0 aliphatic rings. The van der Waals surface area contributed by atoms with Crippen molar-refractivity contribution < 1.29 is 5.11 Å². The Labute approximate surface area is 101 Å². The van der Waals surface area contributed by atoms with Crippen LogP contribution in [0.3, 0.4) is 0 Å². The maximum atomic E-state index is 9.45. The Morgan fingerprint density at radius 3 is 2.19 bits per heavy atom. The minimum atomic E-state index is 0.0783. The van der Waals surface area contributed by atoms with E-state index in [1.165, 1.54) is 0 Å². The van der Waals surface area contributed by atoms with Crippen molar-refractivity contribution in [2.75, 3.05) is 13.7 Å². The molecule has 0 amide bonds. The molecule has 0 aromatic heterocycles. The molecular weight excluding hydrogens is 200 g/mol. The first kappa shape index (κ1) is 15.9. The minimum absolute atomic E-state index is 0.0783. The number of hydrogen-bond acceptors (Lipinski definition) is 3. The van der Waals surface area contributed by atoms with Crippen LogP contribution < -0.4 is 5.73 Å². The summed E-state index contributed by atoms with van der Waals surface area (Å²) in [6, 6.07) is 0.642. The van der Waals surface area contributed by atoms with Gasteiger partial charge in [0.2, 0.25) is 0 Å². The van der Waals surface area contributed by atoms with Crippen LogP contribution in [0, 0.1) is 5.92 Å². The number of aliphatic hydroxyl groups is 1. The Bertz CT molecular complexity index is 173. The monoisotopic (exact) mass is 230 g/mol. The summed E-state index contributed by atoms with van der Waals surface area (Å²) in [5.74, 6) is 0.680. The third-order valence-electron chi connectivity index (χ3n) is 3.33. The average molecular weight is 230 g/mol. The van der Waals surface area contributed by atoms with E-state index in [9.17, 15) is 5.11 Å². The highest BCUT2D eigenvalue weighted by atomic mass is 16.3. The van der Waals surface area contributed by atoms with Crippen LogP contribution in [0.1, 0.15) is 47.0 Å². The Hall–Kier alpha value is -0.120. The third kappa shape index (κ3) is 5.28. The Morgan fingerprint density at radius 2 is 1.81 bits per heavy atom. The SMILES string of the molecule is CCCC(N)C(CO)N(C)C(C)CC(C)C. The maximum absolute atomic E-state index is 9.45. The van der Waals surface area contributed by atoms with Crippen LogP contribution in [0.25, 0.3) is 0 Å². The standard InChI is InChI=1S/C13H30N2O/c1-6-7-12(14)13(9-16)15(5)11(4)8-10(2)3/h10-13,16H,6-9,14H2,1-5H3. The molecule has 0 rings (SSSR count). The molecule has 0 saturated heterocycles. The van der Waals surface area contributed by atoms with Crippen LogP contribution in [0.5, 0.6) is 0 Å². The summed E-state index contributed by atoms with van der Waals surface area (Å²) in [5.41, 5.74) is 6.11. The van der Waals surface area contributed by atoms with E-state index in [4.69, 9.17) is 5.73 Å². The molecule has 0 saturated carbocycles. The predicted octanol–water partition coefficient (Wildman–Crippen LogP) is 1.84. The third-order valence-corrected chi connectivity index (χ3v) is 3.33. The first-order valence-corrected chi connectivity index (χ1v) is 6.52. The van der Waals surface area contributed by atoms with E-state index in [-0.39, 0.29) is 18.7 Å². The first-order valence-electron chi connectivity index (χ1n) is 6.52. The largest absolute Gasteiger partial charge is 0.395 e. The van der Waals surface area contributed by atoms with Gasteiger partial charge in [0.1, 0.15) is 0 Å². The van der Waals surface area contributed by atoms with Gasteiger partial charge in [-0.2, -0.15) is 0 Å². The Morgan fingerprint density at radius 1 is 1.25 bits per heavy atom. The molecule has 0 aliphatic heterocycles. The number of hydrogen-bond donors (Lipinski definition) is 2. The van der Waals surface area contributed by atoms with Crippen LogP contribution in [0.15, 0.2) is 0 Å². The highest BCUT2D eigenvalue weighted by Crippen LogP contribution is 2.15. The van der Waals surface area contributed by atoms with Gasteiger partial charge in [-0.15, -0.1) is 0 Å². The zero-order valence-electron chi connectivity index (χ0n) is 11.6. The van der Waals surface area contributed by atoms with E-state index in [1.807, 2.05) is 0 Å². The van der Waals surface area contributed by atoms with E-state index in [2.05, 4.69) is 39.6 Å². The smallest absolute Gasteiger partial charge is 0.0601 e. The van der Waals surface area contributed by atoms with Crippen molar-refractivity contribution >= 4 is 0 Å². The molecular formula is C13H30N2O. The molecule has 98 valence electrons. The minimum Gasteiger partial charge on any atom is -0.395 e. The lowest BCUT2D eigenvalue weighted by Gasteiger charge is -2.36. The lowest BCUT2D eigenvalue weighted by molar-refractivity contribution is 0.0861. The van der Waals surface area contributed by atoms with Crippen LogP contribution >= 0.6 is 0 Å². The van der Waals surface area contributed by atoms with Crippen LogP contribution in [-0.4, -0.2) is 41.8 Å². The molecule has 0 heterocycles. The van der Waals surface area contributed by atoms with E-state index >= 15 is 0 Å². The molecule has 0 bridgehead atoms. The lowest BCUT2D eigenvalue weighted by atomic mass is 9.98.